The molecule has 1 aromatic carbocycles. The molecule has 2 N–H and O–H groups in total. The molecule has 7 nitrogen and oxygen atoms in total. The van der Waals surface area contributed by atoms with E-state index < -0.39 is 5.82 Å². The van der Waals surface area contributed by atoms with Crippen LogP contribution < -0.4 is 10.6 Å². The number of hydrogen-bond donors (Lipinski definition) is 2. The van der Waals surface area contributed by atoms with Gasteiger partial charge in [-0.15, -0.1) is 11.3 Å². The van der Waals surface area contributed by atoms with Gasteiger partial charge < -0.3 is 20.3 Å². The third-order valence-electron chi connectivity index (χ3n) is 3.76. The Kier molecular flexibility index (Phi) is 7.68. The summed E-state index contributed by atoms with van der Waals surface area (Å²) in [6.45, 7) is 2.50. The number of carbonyl (C=O) groups excluding carboxylic acids is 1. The molecule has 0 aliphatic rings. The number of benzene rings is 1. The van der Waals surface area contributed by atoms with Gasteiger partial charge in [0.25, 0.3) is 0 Å². The van der Waals surface area contributed by atoms with Gasteiger partial charge in [-0.3, -0.25) is 9.79 Å². The van der Waals surface area contributed by atoms with Gasteiger partial charge in [-0.1, -0.05) is 6.07 Å². The maximum Gasteiger partial charge on any atom is 0.243 e. The zero-order valence-corrected chi connectivity index (χ0v) is 16.6. The summed E-state index contributed by atoms with van der Waals surface area (Å²) in [6, 6.07) is 5.75. The Morgan fingerprint density at radius 3 is 2.93 bits per heavy atom. The lowest BCUT2D eigenvalue weighted by molar-refractivity contribution is -0.115. The van der Waals surface area contributed by atoms with Gasteiger partial charge >= 0.3 is 0 Å². The summed E-state index contributed by atoms with van der Waals surface area (Å²) in [6.07, 6.45) is -0.0435. The van der Waals surface area contributed by atoms with Crippen LogP contribution in [-0.2, 0) is 16.1 Å². The molecule has 1 unspecified atom stereocenters. The zero-order chi connectivity index (χ0) is 19.8. The second-order valence-electron chi connectivity index (χ2n) is 5.87. The Bertz CT molecular complexity index is 796. The number of anilines is 1. The predicted octanol–water partition coefficient (Wildman–Crippen LogP) is 2.64. The van der Waals surface area contributed by atoms with E-state index >= 15 is 0 Å². The minimum atomic E-state index is -0.401. The number of methoxy groups -OCH3 is 1. The Morgan fingerprint density at radius 1 is 1.48 bits per heavy atom. The Balaban J connectivity index is 1.86. The van der Waals surface area contributed by atoms with Crippen LogP contribution >= 0.6 is 11.3 Å². The molecule has 0 aliphatic carbocycles. The van der Waals surface area contributed by atoms with Gasteiger partial charge in [0.2, 0.25) is 5.91 Å². The number of thiazole rings is 1. The first-order valence-corrected chi connectivity index (χ1v) is 9.25. The molecule has 0 bridgehead atoms. The zero-order valence-electron chi connectivity index (χ0n) is 15.8. The van der Waals surface area contributed by atoms with Crippen LogP contribution in [0.25, 0.3) is 0 Å². The van der Waals surface area contributed by atoms with Crippen LogP contribution in [0.4, 0.5) is 10.1 Å². The monoisotopic (exact) mass is 393 g/mol. The molecule has 146 valence electrons. The number of guanidine groups is 1. The molecule has 2 aromatic rings. The average Bonchev–Trinajstić information content (AvgIpc) is 3.10. The summed E-state index contributed by atoms with van der Waals surface area (Å²) >= 11 is 1.55. The fourth-order valence-corrected chi connectivity index (χ4v) is 3.16. The highest BCUT2D eigenvalue weighted by Crippen LogP contribution is 2.20. The van der Waals surface area contributed by atoms with Crippen molar-refractivity contribution in [3.05, 3.63) is 46.2 Å². The number of aliphatic imine (C=N–C) groups is 1. The first-order valence-electron chi connectivity index (χ1n) is 8.37. The van der Waals surface area contributed by atoms with Crippen molar-refractivity contribution in [3.63, 3.8) is 0 Å². The van der Waals surface area contributed by atoms with Crippen molar-refractivity contribution in [3.8, 4) is 0 Å². The molecule has 1 amide bonds. The molecule has 0 fully saturated rings. The molecule has 0 aliphatic heterocycles. The van der Waals surface area contributed by atoms with Crippen LogP contribution in [0.1, 0.15) is 23.7 Å². The normalized spacial score (nSPS) is 12.6. The number of hydrogen-bond acceptors (Lipinski definition) is 5. The van der Waals surface area contributed by atoms with Gasteiger partial charge in [0.05, 0.1) is 18.8 Å². The van der Waals surface area contributed by atoms with Crippen molar-refractivity contribution in [1.29, 1.82) is 0 Å². The van der Waals surface area contributed by atoms with Crippen molar-refractivity contribution >= 4 is 28.9 Å². The second-order valence-corrected chi connectivity index (χ2v) is 6.76. The maximum absolute atomic E-state index is 13.2. The van der Waals surface area contributed by atoms with E-state index in [4.69, 9.17) is 4.74 Å². The number of carbonyl (C=O) groups is 1. The first-order chi connectivity index (χ1) is 12.9. The highest BCUT2D eigenvalue weighted by Gasteiger charge is 2.13. The van der Waals surface area contributed by atoms with E-state index in [0.717, 1.165) is 10.7 Å². The van der Waals surface area contributed by atoms with Crippen molar-refractivity contribution in [2.75, 3.05) is 33.1 Å². The van der Waals surface area contributed by atoms with E-state index in [0.29, 0.717) is 18.2 Å². The third kappa shape index (κ3) is 6.30. The van der Waals surface area contributed by atoms with Crippen molar-refractivity contribution in [2.24, 2.45) is 4.99 Å². The molecule has 1 atom stereocenters. The number of rotatable bonds is 7. The minimum absolute atomic E-state index is 0.0105. The van der Waals surface area contributed by atoms with Crippen LogP contribution in [0.5, 0.6) is 0 Å². The van der Waals surface area contributed by atoms with Crippen LogP contribution in [0.3, 0.4) is 0 Å². The number of halogens is 1. The summed E-state index contributed by atoms with van der Waals surface area (Å²) in [5.74, 6) is -0.138. The molecule has 27 heavy (non-hydrogen) atoms. The first kappa shape index (κ1) is 20.8. The third-order valence-corrected chi connectivity index (χ3v) is 4.81. The molecule has 1 heterocycles. The molecule has 9 heteroatoms. The molecule has 0 radical (unpaired) electrons. The number of aromatic nitrogens is 1. The Hall–Kier alpha value is -2.52. The molecule has 0 saturated carbocycles. The van der Waals surface area contributed by atoms with Gasteiger partial charge in [0.1, 0.15) is 16.9 Å². The minimum Gasteiger partial charge on any atom is -0.375 e. The summed E-state index contributed by atoms with van der Waals surface area (Å²) in [4.78, 5) is 22.6. The van der Waals surface area contributed by atoms with Crippen LogP contribution in [0, 0.1) is 5.82 Å². The topological polar surface area (TPSA) is 78.9 Å². The maximum atomic E-state index is 13.2. The van der Waals surface area contributed by atoms with Gasteiger partial charge in [0.15, 0.2) is 5.96 Å². The number of amides is 1. The van der Waals surface area contributed by atoms with Crippen LogP contribution in [-0.4, -0.2) is 49.5 Å². The number of nitrogens with one attached hydrogen (secondary N) is 2. The van der Waals surface area contributed by atoms with Crippen LogP contribution in [0.2, 0.25) is 0 Å². The summed E-state index contributed by atoms with van der Waals surface area (Å²) in [5, 5.41) is 8.51. The molecule has 0 spiro atoms. The molecule has 2 rings (SSSR count). The number of ether oxygens (including phenoxy) is 1. The van der Waals surface area contributed by atoms with E-state index in [9.17, 15) is 9.18 Å². The fourth-order valence-electron chi connectivity index (χ4n) is 2.32. The molecule has 0 saturated heterocycles. The quantitative estimate of drug-likeness (QED) is 0.559. The van der Waals surface area contributed by atoms with E-state index in [2.05, 4.69) is 20.6 Å². The van der Waals surface area contributed by atoms with Crippen molar-refractivity contribution < 1.29 is 13.9 Å². The van der Waals surface area contributed by atoms with Gasteiger partial charge in [-0.25, -0.2) is 9.37 Å². The highest BCUT2D eigenvalue weighted by molar-refractivity contribution is 7.09. The lowest BCUT2D eigenvalue weighted by Gasteiger charge is -2.21. The molecular weight excluding hydrogens is 369 g/mol. The largest absolute Gasteiger partial charge is 0.375 e. The lowest BCUT2D eigenvalue weighted by Crippen LogP contribution is -2.42. The second kappa shape index (κ2) is 9.98. The van der Waals surface area contributed by atoms with E-state index in [1.807, 2.05) is 24.3 Å². The Labute approximate surface area is 162 Å². The predicted molar refractivity (Wildman–Crippen MR) is 105 cm³/mol. The smallest absolute Gasteiger partial charge is 0.243 e. The lowest BCUT2D eigenvalue weighted by atomic mass is 10.3. The van der Waals surface area contributed by atoms with Crippen molar-refractivity contribution in [2.45, 2.75) is 19.6 Å². The van der Waals surface area contributed by atoms with Gasteiger partial charge in [-0.2, -0.15) is 0 Å². The fraction of sp³-hybridized carbons (Fsp3) is 0.389. The SMILES string of the molecule is CN=C(NCC(=O)Nc1cccc(F)c1)N(C)Cc1csc(C(C)OC)n1. The number of nitrogens with zero attached hydrogens (tertiary/aromatic N) is 3. The van der Waals surface area contributed by atoms with Gasteiger partial charge in [0, 0.05) is 32.3 Å². The van der Waals surface area contributed by atoms with Crippen molar-refractivity contribution in [1.82, 2.24) is 15.2 Å². The van der Waals surface area contributed by atoms with E-state index in [1.165, 1.54) is 18.2 Å². The van der Waals surface area contributed by atoms with Crippen LogP contribution in [0.15, 0.2) is 34.6 Å². The highest BCUT2D eigenvalue weighted by atomic mass is 32.1. The van der Waals surface area contributed by atoms with Gasteiger partial charge in [-0.05, 0) is 25.1 Å². The average molecular weight is 393 g/mol. The summed E-state index contributed by atoms with van der Waals surface area (Å²) < 4.78 is 18.4. The van der Waals surface area contributed by atoms with E-state index in [1.54, 1.807) is 31.6 Å². The standard InChI is InChI=1S/C18H24FN5O2S/c1-12(26-4)17-23-15(11-27-17)10-24(3)18(20-2)21-9-16(25)22-14-7-5-6-13(19)8-14/h5-8,11-12H,9-10H2,1-4H3,(H,20,21)(H,22,25). The van der Waals surface area contributed by atoms with E-state index in [-0.39, 0.29) is 18.6 Å². The summed E-state index contributed by atoms with van der Waals surface area (Å²) in [5.41, 5.74) is 1.31. The molecule has 1 aromatic heterocycles. The molecular formula is C18H24FN5O2S. The Morgan fingerprint density at radius 2 is 2.26 bits per heavy atom. The summed E-state index contributed by atoms with van der Waals surface area (Å²) in [7, 11) is 5.15.